The zero-order valence-corrected chi connectivity index (χ0v) is 11.6. The predicted octanol–water partition coefficient (Wildman–Crippen LogP) is 1.45. The van der Waals surface area contributed by atoms with Crippen LogP contribution in [0.5, 0.6) is 5.75 Å². The van der Waals surface area contributed by atoms with Crippen LogP contribution in [0.1, 0.15) is 18.9 Å². The first-order valence-corrected chi connectivity index (χ1v) is 6.31. The van der Waals surface area contributed by atoms with Gasteiger partial charge in [-0.2, -0.15) is 0 Å². The number of carbonyl (C=O) groups excluding carboxylic acids is 2. The van der Waals surface area contributed by atoms with Crippen molar-refractivity contribution < 1.29 is 23.5 Å². The Kier molecular flexibility index (Phi) is 6.49. The highest BCUT2D eigenvalue weighted by molar-refractivity contribution is 5.79. The Morgan fingerprint density at radius 1 is 1.35 bits per heavy atom. The maximum Gasteiger partial charge on any atom is 0.307 e. The minimum Gasteiger partial charge on any atom is -0.494 e. The number of halogens is 1. The first kappa shape index (κ1) is 15.9. The molecule has 0 atom stereocenters. The highest BCUT2D eigenvalue weighted by Gasteiger charge is 2.08. The zero-order chi connectivity index (χ0) is 15.0. The third kappa shape index (κ3) is 5.26. The number of nitrogens with one attached hydrogen (secondary N) is 1. The minimum absolute atomic E-state index is 0.0454. The number of esters is 1. The molecule has 1 N–H and O–H groups in total. The van der Waals surface area contributed by atoms with E-state index in [4.69, 9.17) is 9.47 Å². The fourth-order valence-corrected chi connectivity index (χ4v) is 1.60. The molecule has 0 heterocycles. The van der Waals surface area contributed by atoms with Gasteiger partial charge >= 0.3 is 5.97 Å². The summed E-state index contributed by atoms with van der Waals surface area (Å²) >= 11 is 0. The molecule has 0 aliphatic carbocycles. The van der Waals surface area contributed by atoms with E-state index < -0.39 is 5.82 Å². The highest BCUT2D eigenvalue weighted by Crippen LogP contribution is 2.17. The summed E-state index contributed by atoms with van der Waals surface area (Å²) in [4.78, 5) is 22.7. The molecule has 0 aromatic heterocycles. The Morgan fingerprint density at radius 2 is 2.10 bits per heavy atom. The van der Waals surface area contributed by atoms with E-state index in [9.17, 15) is 14.0 Å². The molecule has 6 heteroatoms. The van der Waals surface area contributed by atoms with E-state index in [0.29, 0.717) is 12.2 Å². The summed E-state index contributed by atoms with van der Waals surface area (Å²) in [5, 5.41) is 2.58. The van der Waals surface area contributed by atoms with Crippen LogP contribution in [0.15, 0.2) is 18.2 Å². The second kappa shape index (κ2) is 8.14. The first-order valence-electron chi connectivity index (χ1n) is 6.31. The number of ether oxygens (including phenoxy) is 2. The summed E-state index contributed by atoms with van der Waals surface area (Å²) in [5.74, 6) is -1.01. The lowest BCUT2D eigenvalue weighted by atomic mass is 10.1. The molecule has 0 aliphatic rings. The monoisotopic (exact) mass is 283 g/mol. The molecule has 20 heavy (non-hydrogen) atoms. The van der Waals surface area contributed by atoms with Gasteiger partial charge in [0.15, 0.2) is 11.6 Å². The number of amides is 1. The van der Waals surface area contributed by atoms with Gasteiger partial charge in [-0.3, -0.25) is 9.59 Å². The topological polar surface area (TPSA) is 64.6 Å². The molecule has 110 valence electrons. The van der Waals surface area contributed by atoms with Gasteiger partial charge < -0.3 is 14.8 Å². The summed E-state index contributed by atoms with van der Waals surface area (Å²) in [5.41, 5.74) is 0.539. The largest absolute Gasteiger partial charge is 0.494 e. The SMILES string of the molecule is CCOC(=O)CCNC(=O)Cc1ccc(OC)c(F)c1. The molecule has 5 nitrogen and oxygen atoms in total. The molecule has 0 saturated carbocycles. The van der Waals surface area contributed by atoms with Gasteiger partial charge in [0.25, 0.3) is 0 Å². The Morgan fingerprint density at radius 3 is 2.70 bits per heavy atom. The van der Waals surface area contributed by atoms with Gasteiger partial charge in [-0.05, 0) is 24.6 Å². The fourth-order valence-electron chi connectivity index (χ4n) is 1.60. The predicted molar refractivity (Wildman–Crippen MR) is 70.9 cm³/mol. The summed E-state index contributed by atoms with van der Waals surface area (Å²) in [6, 6.07) is 4.34. The molecule has 0 saturated heterocycles. The lowest BCUT2D eigenvalue weighted by molar-refractivity contribution is -0.143. The molecule has 1 aromatic rings. The Bertz CT molecular complexity index is 476. The van der Waals surface area contributed by atoms with Crippen LogP contribution in [0.25, 0.3) is 0 Å². The number of hydrogen-bond acceptors (Lipinski definition) is 4. The minimum atomic E-state index is -0.510. The average Bonchev–Trinajstić information content (AvgIpc) is 2.39. The van der Waals surface area contributed by atoms with Gasteiger partial charge in [0.1, 0.15) is 0 Å². The van der Waals surface area contributed by atoms with E-state index in [0.717, 1.165) is 0 Å². The second-order valence-electron chi connectivity index (χ2n) is 4.05. The van der Waals surface area contributed by atoms with Crippen LogP contribution < -0.4 is 10.1 Å². The van der Waals surface area contributed by atoms with Gasteiger partial charge in [0, 0.05) is 6.54 Å². The van der Waals surface area contributed by atoms with Crippen molar-refractivity contribution in [3.8, 4) is 5.75 Å². The lowest BCUT2D eigenvalue weighted by Gasteiger charge is -2.07. The molecule has 0 bridgehead atoms. The Balaban J connectivity index is 2.39. The van der Waals surface area contributed by atoms with Crippen LogP contribution in [-0.2, 0) is 20.7 Å². The van der Waals surface area contributed by atoms with Gasteiger partial charge in [0.2, 0.25) is 5.91 Å². The third-order valence-corrected chi connectivity index (χ3v) is 2.54. The maximum absolute atomic E-state index is 13.4. The number of carbonyl (C=O) groups is 2. The summed E-state index contributed by atoms with van der Waals surface area (Å²) in [6.07, 6.45) is 0.167. The molecule has 1 rings (SSSR count). The van der Waals surface area contributed by atoms with Crippen molar-refractivity contribution in [1.29, 1.82) is 0 Å². The van der Waals surface area contributed by atoms with E-state index >= 15 is 0 Å². The lowest BCUT2D eigenvalue weighted by Crippen LogP contribution is -2.28. The van der Waals surface area contributed by atoms with E-state index in [2.05, 4.69) is 5.32 Å². The molecule has 1 aromatic carbocycles. The van der Waals surface area contributed by atoms with Crippen molar-refractivity contribution in [2.24, 2.45) is 0 Å². The molecule has 0 radical (unpaired) electrons. The average molecular weight is 283 g/mol. The van der Waals surface area contributed by atoms with Crippen molar-refractivity contribution >= 4 is 11.9 Å². The van der Waals surface area contributed by atoms with Crippen LogP contribution in [0.4, 0.5) is 4.39 Å². The van der Waals surface area contributed by atoms with Crippen LogP contribution in [0.3, 0.4) is 0 Å². The van der Waals surface area contributed by atoms with Gasteiger partial charge in [-0.25, -0.2) is 4.39 Å². The smallest absolute Gasteiger partial charge is 0.307 e. The molecular formula is C14H18FNO4. The van der Waals surface area contributed by atoms with Crippen LogP contribution in [0, 0.1) is 5.82 Å². The number of rotatable bonds is 7. The number of methoxy groups -OCH3 is 1. The standard InChI is InChI=1S/C14H18FNO4/c1-3-20-14(18)6-7-16-13(17)9-10-4-5-12(19-2)11(15)8-10/h4-5,8H,3,6-7,9H2,1-2H3,(H,16,17). The van der Waals surface area contributed by atoms with Crippen molar-refractivity contribution in [2.45, 2.75) is 19.8 Å². The van der Waals surface area contributed by atoms with Crippen molar-refractivity contribution in [1.82, 2.24) is 5.32 Å². The molecular weight excluding hydrogens is 265 g/mol. The number of hydrogen-bond donors (Lipinski definition) is 1. The van der Waals surface area contributed by atoms with Crippen LogP contribution in [-0.4, -0.2) is 32.1 Å². The first-order chi connectivity index (χ1) is 9.56. The van der Waals surface area contributed by atoms with Crippen molar-refractivity contribution in [2.75, 3.05) is 20.3 Å². The van der Waals surface area contributed by atoms with Gasteiger partial charge in [-0.1, -0.05) is 6.07 Å². The zero-order valence-electron chi connectivity index (χ0n) is 11.6. The summed E-state index contributed by atoms with van der Waals surface area (Å²) in [6.45, 7) is 2.24. The molecule has 0 spiro atoms. The highest BCUT2D eigenvalue weighted by atomic mass is 19.1. The molecule has 0 aliphatic heterocycles. The quantitative estimate of drug-likeness (QED) is 0.769. The van der Waals surface area contributed by atoms with E-state index in [1.807, 2.05) is 0 Å². The second-order valence-corrected chi connectivity index (χ2v) is 4.05. The van der Waals surface area contributed by atoms with Crippen molar-refractivity contribution in [3.05, 3.63) is 29.6 Å². The van der Waals surface area contributed by atoms with Crippen LogP contribution >= 0.6 is 0 Å². The van der Waals surface area contributed by atoms with Gasteiger partial charge in [-0.15, -0.1) is 0 Å². The van der Waals surface area contributed by atoms with Crippen molar-refractivity contribution in [3.63, 3.8) is 0 Å². The normalized spacial score (nSPS) is 9.95. The summed E-state index contributed by atoms with van der Waals surface area (Å²) in [7, 11) is 1.38. The number of benzene rings is 1. The van der Waals surface area contributed by atoms with E-state index in [1.54, 1.807) is 13.0 Å². The molecule has 1 amide bonds. The maximum atomic E-state index is 13.4. The molecule has 0 fully saturated rings. The van der Waals surface area contributed by atoms with Gasteiger partial charge in [0.05, 0.1) is 26.6 Å². The third-order valence-electron chi connectivity index (χ3n) is 2.54. The summed E-state index contributed by atoms with van der Waals surface area (Å²) < 4.78 is 22.9. The van der Waals surface area contributed by atoms with E-state index in [-0.39, 0.29) is 37.0 Å². The van der Waals surface area contributed by atoms with Crippen LogP contribution in [0.2, 0.25) is 0 Å². The Labute approximate surface area is 117 Å². The Hall–Kier alpha value is -2.11. The van der Waals surface area contributed by atoms with E-state index in [1.165, 1.54) is 19.2 Å². The molecule has 0 unspecified atom stereocenters. The fraction of sp³-hybridized carbons (Fsp3) is 0.429.